The van der Waals surface area contributed by atoms with Crippen molar-refractivity contribution in [2.75, 3.05) is 5.73 Å². The summed E-state index contributed by atoms with van der Waals surface area (Å²) < 4.78 is 51.8. The first-order valence-corrected chi connectivity index (χ1v) is 3.74. The van der Waals surface area contributed by atoms with Gasteiger partial charge in [-0.05, 0) is 0 Å². The van der Waals surface area contributed by atoms with Crippen LogP contribution in [0.2, 0.25) is 0 Å². The van der Waals surface area contributed by atoms with Gasteiger partial charge in [-0.1, -0.05) is 0 Å². The molecule has 8 heteroatoms. The second kappa shape index (κ2) is 3.89. The van der Waals surface area contributed by atoms with Crippen molar-refractivity contribution in [1.29, 1.82) is 0 Å². The molecular weight excluding hydrogens is 218 g/mol. The Morgan fingerprint density at radius 2 is 2.00 bits per heavy atom. The lowest BCUT2D eigenvalue weighted by molar-refractivity contribution is -0.274. The molecule has 0 saturated heterocycles. The van der Waals surface area contributed by atoms with E-state index in [-0.39, 0.29) is 12.2 Å². The van der Waals surface area contributed by atoms with Crippen LogP contribution in [-0.4, -0.2) is 11.3 Å². The Labute approximate surface area is 81.8 Å². The third-order valence-corrected chi connectivity index (χ3v) is 1.46. The number of hydrogen-bond donors (Lipinski definition) is 2. The Balaban J connectivity index is 3.05. The van der Waals surface area contributed by atoms with Gasteiger partial charge in [0.1, 0.15) is 5.82 Å². The van der Waals surface area contributed by atoms with E-state index in [0.717, 1.165) is 0 Å². The van der Waals surface area contributed by atoms with Crippen LogP contribution in [-0.2, 0) is 6.54 Å². The molecule has 0 aromatic carbocycles. The van der Waals surface area contributed by atoms with Gasteiger partial charge in [0.05, 0.1) is 5.69 Å². The van der Waals surface area contributed by atoms with Gasteiger partial charge in [-0.3, -0.25) is 0 Å². The van der Waals surface area contributed by atoms with Gasteiger partial charge in [0.15, 0.2) is 11.6 Å². The van der Waals surface area contributed by atoms with Crippen LogP contribution in [0, 0.1) is 5.82 Å². The van der Waals surface area contributed by atoms with E-state index >= 15 is 0 Å². The number of nitrogen functional groups attached to an aromatic ring is 1. The highest BCUT2D eigenvalue weighted by Gasteiger charge is 2.32. The quantitative estimate of drug-likeness (QED) is 0.740. The maximum Gasteiger partial charge on any atom is 0.573 e. The van der Waals surface area contributed by atoms with Gasteiger partial charge < -0.3 is 16.2 Å². The molecule has 0 aliphatic carbocycles. The van der Waals surface area contributed by atoms with Crippen molar-refractivity contribution in [3.63, 3.8) is 0 Å². The van der Waals surface area contributed by atoms with E-state index in [2.05, 4.69) is 9.72 Å². The molecule has 1 aromatic heterocycles. The third kappa shape index (κ3) is 2.94. The predicted octanol–water partition coefficient (Wildman–Crippen LogP) is 1.16. The maximum atomic E-state index is 13.0. The minimum Gasteiger partial charge on any atom is -0.402 e. The Hall–Kier alpha value is -1.57. The Morgan fingerprint density at radius 1 is 1.40 bits per heavy atom. The van der Waals surface area contributed by atoms with Crippen molar-refractivity contribution in [2.45, 2.75) is 12.9 Å². The van der Waals surface area contributed by atoms with E-state index in [1.807, 2.05) is 0 Å². The molecule has 4 nitrogen and oxygen atoms in total. The zero-order valence-corrected chi connectivity index (χ0v) is 7.31. The topological polar surface area (TPSA) is 74.2 Å². The highest BCUT2D eigenvalue weighted by molar-refractivity contribution is 5.46. The predicted molar refractivity (Wildman–Crippen MR) is 43.2 cm³/mol. The van der Waals surface area contributed by atoms with Crippen LogP contribution in [0.1, 0.15) is 5.69 Å². The van der Waals surface area contributed by atoms with Gasteiger partial charge in [0, 0.05) is 12.6 Å². The number of rotatable bonds is 2. The molecule has 0 unspecified atom stereocenters. The zero-order valence-electron chi connectivity index (χ0n) is 7.31. The number of nitrogens with zero attached hydrogens (tertiary/aromatic N) is 1. The van der Waals surface area contributed by atoms with E-state index in [1.54, 1.807) is 0 Å². The van der Waals surface area contributed by atoms with E-state index in [4.69, 9.17) is 11.5 Å². The van der Waals surface area contributed by atoms with Crippen LogP contribution < -0.4 is 16.2 Å². The van der Waals surface area contributed by atoms with Crippen molar-refractivity contribution in [3.8, 4) is 5.75 Å². The summed E-state index contributed by atoms with van der Waals surface area (Å²) in [5.74, 6) is -2.43. The smallest absolute Gasteiger partial charge is 0.402 e. The number of nitrogens with two attached hydrogens (primary N) is 2. The van der Waals surface area contributed by atoms with Gasteiger partial charge in [0.25, 0.3) is 0 Å². The lowest BCUT2D eigenvalue weighted by Crippen LogP contribution is -2.19. The normalized spacial score (nSPS) is 11.5. The summed E-state index contributed by atoms with van der Waals surface area (Å²) in [4.78, 5) is 3.33. The molecule has 0 spiro atoms. The number of hydrogen-bond acceptors (Lipinski definition) is 4. The number of alkyl halides is 3. The molecular formula is C7H7F4N3O. The van der Waals surface area contributed by atoms with Crippen molar-refractivity contribution in [3.05, 3.63) is 17.6 Å². The largest absolute Gasteiger partial charge is 0.573 e. The summed E-state index contributed by atoms with van der Waals surface area (Å²) in [5, 5.41) is 0. The summed E-state index contributed by atoms with van der Waals surface area (Å²) in [6, 6.07) is 0.498. The SMILES string of the molecule is NCc1nc(N)c(OC(F)(F)F)cc1F. The molecule has 1 heterocycles. The third-order valence-electron chi connectivity index (χ3n) is 1.46. The lowest BCUT2D eigenvalue weighted by Gasteiger charge is -2.11. The number of ether oxygens (including phenoxy) is 1. The highest BCUT2D eigenvalue weighted by Crippen LogP contribution is 2.28. The Bertz CT molecular complexity index is 366. The zero-order chi connectivity index (χ0) is 11.6. The fraction of sp³-hybridized carbons (Fsp3) is 0.286. The molecule has 0 aliphatic heterocycles. The molecule has 0 aliphatic rings. The van der Waals surface area contributed by atoms with E-state index in [0.29, 0.717) is 6.07 Å². The second-order valence-electron chi connectivity index (χ2n) is 2.55. The monoisotopic (exact) mass is 225 g/mol. The molecule has 0 radical (unpaired) electrons. The Kier molecular flexibility index (Phi) is 2.98. The van der Waals surface area contributed by atoms with Gasteiger partial charge in [-0.2, -0.15) is 0 Å². The summed E-state index contributed by atoms with van der Waals surface area (Å²) in [7, 11) is 0. The molecule has 0 bridgehead atoms. The first kappa shape index (κ1) is 11.5. The first-order chi connectivity index (χ1) is 6.83. The minimum atomic E-state index is -4.94. The van der Waals surface area contributed by atoms with Gasteiger partial charge in [-0.15, -0.1) is 13.2 Å². The minimum absolute atomic E-state index is 0.220. The van der Waals surface area contributed by atoms with Crippen LogP contribution in [0.25, 0.3) is 0 Å². The number of pyridine rings is 1. The molecule has 0 fully saturated rings. The van der Waals surface area contributed by atoms with E-state index in [1.165, 1.54) is 0 Å². The van der Waals surface area contributed by atoms with Crippen LogP contribution in [0.4, 0.5) is 23.4 Å². The summed E-state index contributed by atoms with van der Waals surface area (Å²) >= 11 is 0. The van der Waals surface area contributed by atoms with Crippen LogP contribution in [0.5, 0.6) is 5.75 Å². The van der Waals surface area contributed by atoms with Crippen molar-refractivity contribution in [1.82, 2.24) is 4.98 Å². The molecule has 15 heavy (non-hydrogen) atoms. The van der Waals surface area contributed by atoms with E-state index in [9.17, 15) is 17.6 Å². The number of aromatic nitrogens is 1. The first-order valence-electron chi connectivity index (χ1n) is 3.74. The summed E-state index contributed by atoms with van der Waals surface area (Å²) in [5.41, 5.74) is 9.97. The molecule has 4 N–H and O–H groups in total. The molecule has 0 saturated carbocycles. The average molecular weight is 225 g/mol. The maximum absolute atomic E-state index is 13.0. The molecule has 84 valence electrons. The van der Waals surface area contributed by atoms with E-state index < -0.39 is 23.7 Å². The lowest BCUT2D eigenvalue weighted by atomic mass is 10.3. The van der Waals surface area contributed by atoms with Crippen molar-refractivity contribution >= 4 is 5.82 Å². The standard InChI is InChI=1S/C7H7F4N3O/c8-3-1-5(15-7(9,10)11)6(13)14-4(3)2-12/h1H,2,12H2,(H2,13,14). The highest BCUT2D eigenvalue weighted by atomic mass is 19.4. The molecule has 0 atom stereocenters. The molecule has 1 aromatic rings. The fourth-order valence-corrected chi connectivity index (χ4v) is 0.876. The van der Waals surface area contributed by atoms with Crippen LogP contribution in [0.3, 0.4) is 0 Å². The average Bonchev–Trinajstić information content (AvgIpc) is 2.08. The van der Waals surface area contributed by atoms with Crippen molar-refractivity contribution < 1.29 is 22.3 Å². The fourth-order valence-electron chi connectivity index (χ4n) is 0.876. The summed E-state index contributed by atoms with van der Waals surface area (Å²) in [6.07, 6.45) is -4.94. The number of halogens is 4. The number of anilines is 1. The van der Waals surface area contributed by atoms with Gasteiger partial charge in [-0.25, -0.2) is 9.37 Å². The van der Waals surface area contributed by atoms with Crippen molar-refractivity contribution in [2.24, 2.45) is 5.73 Å². The van der Waals surface area contributed by atoms with Crippen LogP contribution in [0.15, 0.2) is 6.07 Å². The van der Waals surface area contributed by atoms with Gasteiger partial charge in [0.2, 0.25) is 0 Å². The van der Waals surface area contributed by atoms with Gasteiger partial charge >= 0.3 is 6.36 Å². The Morgan fingerprint density at radius 3 is 2.47 bits per heavy atom. The van der Waals surface area contributed by atoms with Crippen LogP contribution >= 0.6 is 0 Å². The summed E-state index contributed by atoms with van der Waals surface area (Å²) in [6.45, 7) is -0.262. The molecule has 1 rings (SSSR count). The molecule has 0 amide bonds. The second-order valence-corrected chi connectivity index (χ2v) is 2.55.